The van der Waals surface area contributed by atoms with Crippen molar-refractivity contribution >= 4 is 16.2 Å². The van der Waals surface area contributed by atoms with Gasteiger partial charge in [-0.05, 0) is 24.1 Å². The highest BCUT2D eigenvalue weighted by atomic mass is 32.2. The van der Waals surface area contributed by atoms with Crippen molar-refractivity contribution < 1.29 is 22.7 Å². The molecule has 1 heterocycles. The van der Waals surface area contributed by atoms with Gasteiger partial charge in [0.15, 0.2) is 0 Å². The minimum atomic E-state index is -3.71. The van der Waals surface area contributed by atoms with Crippen LogP contribution >= 0.6 is 0 Å². The van der Waals surface area contributed by atoms with E-state index in [2.05, 4.69) is 0 Å². The number of nitrogens with zero attached hydrogens (tertiary/aromatic N) is 2. The van der Waals surface area contributed by atoms with E-state index in [-0.39, 0.29) is 13.1 Å². The second-order valence-corrected chi connectivity index (χ2v) is 7.79. The lowest BCUT2D eigenvalue weighted by Crippen LogP contribution is -2.41. The molecule has 1 fully saturated rings. The summed E-state index contributed by atoms with van der Waals surface area (Å²) in [6, 6.07) is 5.68. The van der Waals surface area contributed by atoms with Crippen LogP contribution < -0.4 is 0 Å². The van der Waals surface area contributed by atoms with E-state index in [0.717, 1.165) is 0 Å². The van der Waals surface area contributed by atoms with Crippen molar-refractivity contribution in [3.8, 4) is 0 Å². The maximum absolute atomic E-state index is 13.4. The first kappa shape index (κ1) is 17.8. The molecule has 0 spiro atoms. The van der Waals surface area contributed by atoms with Crippen molar-refractivity contribution in [2.75, 3.05) is 26.7 Å². The molecule has 1 N–H and O–H groups in total. The molecule has 0 aromatic heterocycles. The Hall–Kier alpha value is -1.51. The van der Waals surface area contributed by atoms with Crippen molar-refractivity contribution in [3.05, 3.63) is 35.6 Å². The summed E-state index contributed by atoms with van der Waals surface area (Å²) in [6.07, 6.45) is 0.666. The predicted molar refractivity (Wildman–Crippen MR) is 83.7 cm³/mol. The van der Waals surface area contributed by atoms with Crippen LogP contribution in [0, 0.1) is 11.7 Å². The fourth-order valence-corrected chi connectivity index (χ4v) is 4.41. The number of hydrogen-bond donors (Lipinski definition) is 1. The summed E-state index contributed by atoms with van der Waals surface area (Å²) in [5.74, 6) is -2.99. The van der Waals surface area contributed by atoms with Gasteiger partial charge in [-0.3, -0.25) is 4.79 Å². The summed E-state index contributed by atoms with van der Waals surface area (Å²) in [4.78, 5) is 11.5. The maximum atomic E-state index is 13.4. The van der Waals surface area contributed by atoms with E-state index in [1.165, 1.54) is 33.9 Å². The van der Waals surface area contributed by atoms with E-state index < -0.39 is 33.8 Å². The van der Waals surface area contributed by atoms with Gasteiger partial charge in [0.1, 0.15) is 5.82 Å². The zero-order valence-electron chi connectivity index (χ0n) is 13.1. The highest BCUT2D eigenvalue weighted by molar-refractivity contribution is 7.86. The highest BCUT2D eigenvalue weighted by Crippen LogP contribution is 2.35. The van der Waals surface area contributed by atoms with Gasteiger partial charge in [-0.15, -0.1) is 0 Å². The standard InChI is InChI=1S/C15H21FN2O4S/c1-3-7-17(2)23(21,22)18-9-13(14(10-18)15(19)20)11-5-4-6-12(16)8-11/h4-6,8,13-14H,3,7,9-10H2,1-2H3,(H,19,20)/t13-,14+/m1/s1. The molecule has 0 aliphatic carbocycles. The second kappa shape index (κ2) is 6.94. The Labute approximate surface area is 135 Å². The maximum Gasteiger partial charge on any atom is 0.308 e. The van der Waals surface area contributed by atoms with Crippen molar-refractivity contribution in [2.24, 2.45) is 5.92 Å². The molecule has 128 valence electrons. The normalized spacial score (nSPS) is 22.6. The van der Waals surface area contributed by atoms with E-state index >= 15 is 0 Å². The Bertz CT molecular complexity index is 680. The van der Waals surface area contributed by atoms with Crippen molar-refractivity contribution in [1.82, 2.24) is 8.61 Å². The molecule has 0 amide bonds. The summed E-state index contributed by atoms with van der Waals surface area (Å²) in [6.45, 7) is 2.16. The topological polar surface area (TPSA) is 77.9 Å². The Morgan fingerprint density at radius 2 is 2.13 bits per heavy atom. The van der Waals surface area contributed by atoms with Crippen LogP contribution in [0.3, 0.4) is 0 Å². The predicted octanol–water partition coefficient (Wildman–Crippen LogP) is 1.51. The molecule has 1 aromatic carbocycles. The Morgan fingerprint density at radius 3 is 2.70 bits per heavy atom. The minimum absolute atomic E-state index is 0.0385. The first-order chi connectivity index (χ1) is 10.8. The quantitative estimate of drug-likeness (QED) is 0.849. The van der Waals surface area contributed by atoms with Gasteiger partial charge < -0.3 is 5.11 Å². The average molecular weight is 344 g/mol. The van der Waals surface area contributed by atoms with Crippen LogP contribution in [0.5, 0.6) is 0 Å². The molecule has 23 heavy (non-hydrogen) atoms. The van der Waals surface area contributed by atoms with Crippen molar-refractivity contribution in [1.29, 1.82) is 0 Å². The molecule has 0 bridgehead atoms. The summed E-state index contributed by atoms with van der Waals surface area (Å²) in [7, 11) is -2.23. The molecular formula is C15H21FN2O4S. The number of rotatable bonds is 6. The number of carbonyl (C=O) groups is 1. The molecule has 0 unspecified atom stereocenters. The lowest BCUT2D eigenvalue weighted by atomic mass is 9.89. The lowest BCUT2D eigenvalue weighted by Gasteiger charge is -2.23. The third kappa shape index (κ3) is 3.70. The van der Waals surface area contributed by atoms with Crippen LogP contribution in [-0.2, 0) is 15.0 Å². The smallest absolute Gasteiger partial charge is 0.308 e. The van der Waals surface area contributed by atoms with E-state index in [9.17, 15) is 22.7 Å². The van der Waals surface area contributed by atoms with Gasteiger partial charge in [0.05, 0.1) is 5.92 Å². The molecule has 1 aliphatic heterocycles. The molecule has 2 rings (SSSR count). The number of halogens is 1. The number of aliphatic carboxylic acids is 1. The number of hydrogen-bond acceptors (Lipinski definition) is 3. The van der Waals surface area contributed by atoms with Crippen molar-refractivity contribution in [3.63, 3.8) is 0 Å². The molecule has 1 saturated heterocycles. The monoisotopic (exact) mass is 344 g/mol. The van der Waals surface area contributed by atoms with E-state index in [1.54, 1.807) is 6.07 Å². The number of carboxylic acid groups (broad SMARTS) is 1. The average Bonchev–Trinajstić information content (AvgIpc) is 2.93. The molecule has 2 atom stereocenters. The zero-order valence-corrected chi connectivity index (χ0v) is 14.0. The van der Waals surface area contributed by atoms with Gasteiger partial charge in [0.25, 0.3) is 10.2 Å². The van der Waals surface area contributed by atoms with Gasteiger partial charge in [-0.25, -0.2) is 4.39 Å². The number of carboxylic acids is 1. The Kier molecular flexibility index (Phi) is 5.38. The van der Waals surface area contributed by atoms with Gasteiger partial charge in [-0.1, -0.05) is 19.1 Å². The van der Waals surface area contributed by atoms with Gasteiger partial charge in [0, 0.05) is 32.6 Å². The summed E-state index contributed by atoms with van der Waals surface area (Å²) in [5.41, 5.74) is 0.508. The summed E-state index contributed by atoms with van der Waals surface area (Å²) >= 11 is 0. The first-order valence-corrected chi connectivity index (χ1v) is 8.86. The van der Waals surface area contributed by atoms with Crippen LogP contribution in [-0.4, -0.2) is 54.8 Å². The van der Waals surface area contributed by atoms with E-state index in [0.29, 0.717) is 18.5 Å². The van der Waals surface area contributed by atoms with Crippen LogP contribution in [0.2, 0.25) is 0 Å². The summed E-state index contributed by atoms with van der Waals surface area (Å²) < 4.78 is 40.9. The van der Waals surface area contributed by atoms with Gasteiger partial charge in [-0.2, -0.15) is 17.0 Å². The van der Waals surface area contributed by atoms with Crippen LogP contribution in [0.25, 0.3) is 0 Å². The van der Waals surface area contributed by atoms with Crippen LogP contribution in [0.4, 0.5) is 4.39 Å². The fraction of sp³-hybridized carbons (Fsp3) is 0.533. The molecule has 6 nitrogen and oxygen atoms in total. The largest absolute Gasteiger partial charge is 0.481 e. The van der Waals surface area contributed by atoms with E-state index in [1.807, 2.05) is 6.92 Å². The van der Waals surface area contributed by atoms with E-state index in [4.69, 9.17) is 0 Å². The van der Waals surface area contributed by atoms with Crippen LogP contribution in [0.15, 0.2) is 24.3 Å². The molecule has 1 aliphatic rings. The Morgan fingerprint density at radius 1 is 1.43 bits per heavy atom. The van der Waals surface area contributed by atoms with Gasteiger partial charge in [0.2, 0.25) is 0 Å². The molecule has 8 heteroatoms. The highest BCUT2D eigenvalue weighted by Gasteiger charge is 2.44. The fourth-order valence-electron chi connectivity index (χ4n) is 2.91. The Balaban J connectivity index is 2.30. The van der Waals surface area contributed by atoms with Gasteiger partial charge >= 0.3 is 5.97 Å². The molecule has 0 saturated carbocycles. The molecular weight excluding hydrogens is 323 g/mol. The number of benzene rings is 1. The third-order valence-electron chi connectivity index (χ3n) is 4.14. The molecule has 1 aromatic rings. The SMILES string of the molecule is CCCN(C)S(=O)(=O)N1C[C@H](C(=O)O)[C@@H](c2cccc(F)c2)C1. The van der Waals surface area contributed by atoms with Crippen molar-refractivity contribution in [2.45, 2.75) is 19.3 Å². The molecule has 0 radical (unpaired) electrons. The summed E-state index contributed by atoms with van der Waals surface area (Å²) in [5, 5.41) is 9.41. The van der Waals surface area contributed by atoms with Crippen LogP contribution in [0.1, 0.15) is 24.8 Å². The third-order valence-corrected chi connectivity index (χ3v) is 6.06. The minimum Gasteiger partial charge on any atom is -0.481 e. The second-order valence-electron chi connectivity index (χ2n) is 5.75. The first-order valence-electron chi connectivity index (χ1n) is 7.47. The lowest BCUT2D eigenvalue weighted by molar-refractivity contribution is -0.141. The zero-order chi connectivity index (χ0) is 17.2.